The number of hydrogen-bond acceptors (Lipinski definition) is 2. The molecule has 1 aromatic rings. The Labute approximate surface area is 96.6 Å². The first kappa shape index (κ1) is 10.1. The highest BCUT2D eigenvalue weighted by atomic mass is 79.9. The second-order valence-electron chi connectivity index (χ2n) is 3.49. The topological polar surface area (TPSA) is 23.8 Å². The normalized spacial score (nSPS) is 18.3. The summed E-state index contributed by atoms with van der Waals surface area (Å²) in [5.74, 6) is 0. The number of halogens is 1. The Balaban J connectivity index is 2.19. The highest BCUT2D eigenvalue weighted by molar-refractivity contribution is 9.10. The molecule has 0 heterocycles. The number of benzene rings is 1. The average molecular weight is 268 g/mol. The number of nitrogens with zero attached hydrogens (tertiary/aromatic N) is 1. The Morgan fingerprint density at radius 3 is 2.57 bits per heavy atom. The van der Waals surface area contributed by atoms with Crippen LogP contribution in [0.1, 0.15) is 19.3 Å². The second-order valence-corrected chi connectivity index (χ2v) is 5.77. The Bertz CT molecular complexity index is 379. The van der Waals surface area contributed by atoms with Crippen LogP contribution in [0.25, 0.3) is 0 Å². The Hall–Kier alpha value is -0.460. The van der Waals surface area contributed by atoms with Crippen LogP contribution in [-0.2, 0) is 0 Å². The predicted molar refractivity (Wildman–Crippen MR) is 62.2 cm³/mol. The van der Waals surface area contributed by atoms with Gasteiger partial charge in [0.25, 0.3) is 0 Å². The lowest BCUT2D eigenvalue weighted by molar-refractivity contribution is 0.440. The van der Waals surface area contributed by atoms with Crippen LogP contribution in [0.15, 0.2) is 33.6 Å². The number of rotatable bonds is 2. The van der Waals surface area contributed by atoms with Gasteiger partial charge in [0.05, 0.1) is 6.07 Å². The second kappa shape index (κ2) is 3.96. The maximum absolute atomic E-state index is 9.10. The summed E-state index contributed by atoms with van der Waals surface area (Å²) in [6.45, 7) is 0. The van der Waals surface area contributed by atoms with Gasteiger partial charge in [0, 0.05) is 9.37 Å². The van der Waals surface area contributed by atoms with Crippen LogP contribution in [0.3, 0.4) is 0 Å². The Morgan fingerprint density at radius 2 is 2.07 bits per heavy atom. The van der Waals surface area contributed by atoms with Gasteiger partial charge in [-0.05, 0) is 47.3 Å². The van der Waals surface area contributed by atoms with E-state index < -0.39 is 0 Å². The first-order chi connectivity index (χ1) is 6.76. The molecular weight excluding hydrogens is 258 g/mol. The van der Waals surface area contributed by atoms with Crippen molar-refractivity contribution in [2.75, 3.05) is 0 Å². The van der Waals surface area contributed by atoms with Crippen LogP contribution in [0.5, 0.6) is 0 Å². The van der Waals surface area contributed by atoms with Crippen LogP contribution in [0.4, 0.5) is 0 Å². The van der Waals surface area contributed by atoms with Crippen LogP contribution in [0.2, 0.25) is 0 Å². The Kier molecular flexibility index (Phi) is 2.85. The summed E-state index contributed by atoms with van der Waals surface area (Å²) in [7, 11) is 0. The summed E-state index contributed by atoms with van der Waals surface area (Å²) < 4.78 is 0.940. The predicted octanol–water partition coefficient (Wildman–Crippen LogP) is 3.99. The van der Waals surface area contributed by atoms with E-state index in [9.17, 15) is 0 Å². The van der Waals surface area contributed by atoms with Crippen molar-refractivity contribution < 1.29 is 0 Å². The molecule has 1 nitrogen and oxygen atoms in total. The third-order valence-corrected chi connectivity index (χ3v) is 4.93. The van der Waals surface area contributed by atoms with Gasteiger partial charge in [-0.2, -0.15) is 5.26 Å². The Morgan fingerprint density at radius 1 is 1.36 bits per heavy atom. The van der Waals surface area contributed by atoms with E-state index in [2.05, 4.69) is 28.1 Å². The maximum atomic E-state index is 9.10. The van der Waals surface area contributed by atoms with Gasteiger partial charge in [-0.25, -0.2) is 0 Å². The van der Waals surface area contributed by atoms with Gasteiger partial charge in [-0.3, -0.25) is 0 Å². The van der Waals surface area contributed by atoms with Crippen LogP contribution in [-0.4, -0.2) is 4.75 Å². The molecule has 0 bridgehead atoms. The zero-order chi connectivity index (χ0) is 10.0. The first-order valence-corrected chi connectivity index (χ1v) is 6.21. The summed E-state index contributed by atoms with van der Waals surface area (Å²) in [4.78, 5) is 1.17. The fraction of sp³-hybridized carbons (Fsp3) is 0.364. The van der Waals surface area contributed by atoms with Gasteiger partial charge in [0.2, 0.25) is 0 Å². The van der Waals surface area contributed by atoms with E-state index in [1.54, 1.807) is 11.8 Å². The van der Waals surface area contributed by atoms with E-state index in [1.807, 2.05) is 18.2 Å². The van der Waals surface area contributed by atoms with E-state index in [4.69, 9.17) is 5.26 Å². The summed E-state index contributed by atoms with van der Waals surface area (Å²) >= 11 is 5.20. The third-order valence-electron chi connectivity index (χ3n) is 2.51. The minimum absolute atomic E-state index is 0.149. The standard InChI is InChI=1S/C11H10BrNS/c12-9-4-1-2-5-10(9)14-11(8-13)6-3-7-11/h1-2,4-5H,3,6-7H2. The lowest BCUT2D eigenvalue weighted by Crippen LogP contribution is -2.31. The fourth-order valence-electron chi connectivity index (χ4n) is 1.47. The molecule has 0 amide bonds. The zero-order valence-electron chi connectivity index (χ0n) is 7.66. The van der Waals surface area contributed by atoms with Crippen molar-refractivity contribution in [1.82, 2.24) is 0 Å². The van der Waals surface area contributed by atoms with E-state index in [1.165, 1.54) is 11.3 Å². The van der Waals surface area contributed by atoms with Crippen LogP contribution >= 0.6 is 27.7 Å². The summed E-state index contributed by atoms with van der Waals surface area (Å²) in [6.07, 6.45) is 3.23. The molecule has 1 aliphatic carbocycles. The number of thioether (sulfide) groups is 1. The summed E-state index contributed by atoms with van der Waals surface area (Å²) in [5.41, 5.74) is 0. The van der Waals surface area contributed by atoms with Gasteiger partial charge in [-0.15, -0.1) is 11.8 Å². The molecule has 0 atom stereocenters. The van der Waals surface area contributed by atoms with Crippen LogP contribution < -0.4 is 0 Å². The van der Waals surface area contributed by atoms with Crippen molar-refractivity contribution in [3.63, 3.8) is 0 Å². The van der Waals surface area contributed by atoms with Crippen molar-refractivity contribution in [3.8, 4) is 6.07 Å². The van der Waals surface area contributed by atoms with E-state index >= 15 is 0 Å². The van der Waals surface area contributed by atoms with Crippen molar-refractivity contribution >= 4 is 27.7 Å². The SMILES string of the molecule is N#CC1(Sc2ccccc2Br)CCC1. The van der Waals surface area contributed by atoms with Crippen molar-refractivity contribution in [1.29, 1.82) is 5.26 Å². The lowest BCUT2D eigenvalue weighted by Gasteiger charge is -2.34. The molecule has 0 radical (unpaired) electrons. The van der Waals surface area contributed by atoms with Gasteiger partial charge < -0.3 is 0 Å². The maximum Gasteiger partial charge on any atom is 0.107 e. The molecule has 1 aliphatic rings. The highest BCUT2D eigenvalue weighted by Gasteiger charge is 2.38. The molecule has 72 valence electrons. The van der Waals surface area contributed by atoms with E-state index in [0.717, 1.165) is 17.3 Å². The average Bonchev–Trinajstić information content (AvgIpc) is 2.14. The molecule has 2 rings (SSSR count). The van der Waals surface area contributed by atoms with Gasteiger partial charge in [0.1, 0.15) is 4.75 Å². The molecule has 0 aliphatic heterocycles. The first-order valence-electron chi connectivity index (χ1n) is 4.61. The molecular formula is C11H10BrNS. The molecule has 3 heteroatoms. The van der Waals surface area contributed by atoms with E-state index in [0.29, 0.717) is 0 Å². The minimum Gasteiger partial charge on any atom is -0.197 e. The van der Waals surface area contributed by atoms with E-state index in [-0.39, 0.29) is 4.75 Å². The van der Waals surface area contributed by atoms with Gasteiger partial charge in [-0.1, -0.05) is 12.1 Å². The lowest BCUT2D eigenvalue weighted by atomic mass is 9.86. The fourth-order valence-corrected chi connectivity index (χ4v) is 3.27. The van der Waals surface area contributed by atoms with Crippen molar-refractivity contribution in [3.05, 3.63) is 28.7 Å². The number of nitriles is 1. The van der Waals surface area contributed by atoms with Crippen LogP contribution in [0, 0.1) is 11.3 Å². The smallest absolute Gasteiger partial charge is 0.107 e. The highest BCUT2D eigenvalue weighted by Crippen LogP contribution is 2.48. The minimum atomic E-state index is -0.149. The number of hydrogen-bond donors (Lipinski definition) is 0. The quantitative estimate of drug-likeness (QED) is 0.809. The summed E-state index contributed by atoms with van der Waals surface area (Å²) in [6, 6.07) is 10.5. The molecule has 1 fully saturated rings. The third kappa shape index (κ3) is 1.82. The zero-order valence-corrected chi connectivity index (χ0v) is 10.1. The van der Waals surface area contributed by atoms with Gasteiger partial charge >= 0.3 is 0 Å². The molecule has 14 heavy (non-hydrogen) atoms. The molecule has 0 spiro atoms. The van der Waals surface area contributed by atoms with Crippen molar-refractivity contribution in [2.24, 2.45) is 0 Å². The molecule has 0 saturated heterocycles. The van der Waals surface area contributed by atoms with Crippen molar-refractivity contribution in [2.45, 2.75) is 28.9 Å². The molecule has 0 N–H and O–H groups in total. The van der Waals surface area contributed by atoms with Gasteiger partial charge in [0.15, 0.2) is 0 Å². The molecule has 1 saturated carbocycles. The molecule has 0 unspecified atom stereocenters. The summed E-state index contributed by atoms with van der Waals surface area (Å²) in [5, 5.41) is 9.10. The monoisotopic (exact) mass is 267 g/mol. The largest absolute Gasteiger partial charge is 0.197 e. The molecule has 0 aromatic heterocycles. The molecule has 1 aromatic carbocycles.